The Bertz CT molecular complexity index is 456. The van der Waals surface area contributed by atoms with Gasteiger partial charge in [-0.1, -0.05) is 23.7 Å². The van der Waals surface area contributed by atoms with Gasteiger partial charge in [-0.25, -0.2) is 8.42 Å². The van der Waals surface area contributed by atoms with E-state index in [0.29, 0.717) is 11.4 Å². The maximum atomic E-state index is 11.0. The van der Waals surface area contributed by atoms with Crippen molar-refractivity contribution in [3.05, 3.63) is 34.9 Å². The summed E-state index contributed by atoms with van der Waals surface area (Å²) in [5.74, 6) is 0.0243. The molecule has 0 radical (unpaired) electrons. The van der Waals surface area contributed by atoms with E-state index in [0.717, 1.165) is 5.56 Å². The van der Waals surface area contributed by atoms with Gasteiger partial charge in [0.15, 0.2) is 0 Å². The normalized spacial score (nSPS) is 26.1. The predicted octanol–water partition coefficient (Wildman–Crippen LogP) is 2.76. The molecule has 1 aliphatic rings. The first kappa shape index (κ1) is 10.3. The Hall–Kier alpha value is -0.250. The van der Waals surface area contributed by atoms with E-state index >= 15 is 0 Å². The van der Waals surface area contributed by atoms with Crippen LogP contribution in [0.2, 0.25) is 5.02 Å². The molecule has 2 atom stereocenters. The van der Waals surface area contributed by atoms with Crippen LogP contribution in [0.3, 0.4) is 0 Å². The number of hydrogen-bond acceptors (Lipinski definition) is 2. The van der Waals surface area contributed by atoms with Gasteiger partial charge in [0.05, 0.1) is 5.25 Å². The van der Waals surface area contributed by atoms with Gasteiger partial charge in [-0.3, -0.25) is 0 Å². The van der Waals surface area contributed by atoms with Crippen molar-refractivity contribution >= 4 is 31.3 Å². The highest BCUT2D eigenvalue weighted by atomic mass is 35.7. The summed E-state index contributed by atoms with van der Waals surface area (Å²) in [6, 6.07) is 7.23. The second-order valence-electron chi connectivity index (χ2n) is 3.41. The van der Waals surface area contributed by atoms with E-state index in [1.54, 1.807) is 12.1 Å². The average molecular weight is 251 g/mol. The fourth-order valence-electron chi connectivity index (χ4n) is 1.57. The van der Waals surface area contributed by atoms with Crippen molar-refractivity contribution in [1.29, 1.82) is 0 Å². The van der Waals surface area contributed by atoms with Crippen LogP contribution in [0, 0.1) is 0 Å². The highest BCUT2D eigenvalue weighted by molar-refractivity contribution is 8.14. The highest BCUT2D eigenvalue weighted by Crippen LogP contribution is 2.47. The first-order chi connectivity index (χ1) is 6.48. The summed E-state index contributed by atoms with van der Waals surface area (Å²) in [5, 5.41) is 0.197. The summed E-state index contributed by atoms with van der Waals surface area (Å²) in [5.41, 5.74) is 0.951. The summed E-state index contributed by atoms with van der Waals surface area (Å²) >= 11 is 5.80. The molecule has 0 bridgehead atoms. The number of rotatable bonds is 2. The molecule has 0 saturated heterocycles. The maximum Gasteiger partial charge on any atom is 0.236 e. The van der Waals surface area contributed by atoms with Crippen LogP contribution in [0.5, 0.6) is 0 Å². The molecule has 76 valence electrons. The zero-order valence-electron chi connectivity index (χ0n) is 7.15. The van der Waals surface area contributed by atoms with E-state index < -0.39 is 14.3 Å². The molecule has 0 N–H and O–H groups in total. The molecular formula is C9H8Cl2O2S. The van der Waals surface area contributed by atoms with Gasteiger partial charge in [-0.05, 0) is 24.1 Å². The lowest BCUT2D eigenvalue weighted by atomic mass is 10.1. The molecule has 1 fully saturated rings. The molecule has 2 rings (SSSR count). The second kappa shape index (κ2) is 3.40. The smallest absolute Gasteiger partial charge is 0.212 e. The lowest BCUT2D eigenvalue weighted by Gasteiger charge is -1.98. The van der Waals surface area contributed by atoms with Gasteiger partial charge < -0.3 is 0 Å². The Morgan fingerprint density at radius 1 is 1.36 bits per heavy atom. The molecule has 1 aromatic carbocycles. The Labute approximate surface area is 92.3 Å². The minimum Gasteiger partial charge on any atom is -0.212 e. The standard InChI is InChI=1S/C9H8Cl2O2S/c10-7-3-1-2-6(4-7)8-5-9(8)14(11,12)13/h1-4,8-9H,5H2. The van der Waals surface area contributed by atoms with Gasteiger partial charge in [0.2, 0.25) is 9.05 Å². The van der Waals surface area contributed by atoms with Gasteiger partial charge in [0.25, 0.3) is 0 Å². The van der Waals surface area contributed by atoms with Crippen LogP contribution in [0.1, 0.15) is 17.9 Å². The molecule has 1 aliphatic carbocycles. The van der Waals surface area contributed by atoms with Crippen molar-refractivity contribution < 1.29 is 8.42 Å². The summed E-state index contributed by atoms with van der Waals surface area (Å²) < 4.78 is 22.0. The quantitative estimate of drug-likeness (QED) is 0.757. The van der Waals surface area contributed by atoms with Crippen LogP contribution in [0.25, 0.3) is 0 Å². The fourth-order valence-corrected chi connectivity index (χ4v) is 3.35. The van der Waals surface area contributed by atoms with Crippen LogP contribution in [-0.4, -0.2) is 13.7 Å². The third-order valence-corrected chi connectivity index (χ3v) is 4.54. The van der Waals surface area contributed by atoms with E-state index in [4.69, 9.17) is 22.3 Å². The molecule has 1 saturated carbocycles. The van der Waals surface area contributed by atoms with E-state index in [-0.39, 0.29) is 5.92 Å². The van der Waals surface area contributed by atoms with Crippen LogP contribution in [0.4, 0.5) is 0 Å². The molecule has 2 unspecified atom stereocenters. The molecule has 0 amide bonds. The minimum absolute atomic E-state index is 0.0243. The third kappa shape index (κ3) is 2.05. The first-order valence-electron chi connectivity index (χ1n) is 4.17. The van der Waals surface area contributed by atoms with Gasteiger partial charge in [0.1, 0.15) is 0 Å². The Morgan fingerprint density at radius 2 is 2.07 bits per heavy atom. The number of hydrogen-bond donors (Lipinski definition) is 0. The van der Waals surface area contributed by atoms with Gasteiger partial charge in [-0.15, -0.1) is 0 Å². The molecule has 0 aliphatic heterocycles. The van der Waals surface area contributed by atoms with Crippen molar-refractivity contribution in [2.75, 3.05) is 0 Å². The monoisotopic (exact) mass is 250 g/mol. The zero-order valence-corrected chi connectivity index (χ0v) is 9.48. The zero-order chi connectivity index (χ0) is 10.3. The van der Waals surface area contributed by atoms with Gasteiger partial charge >= 0.3 is 0 Å². The topological polar surface area (TPSA) is 34.1 Å². The predicted molar refractivity (Wildman–Crippen MR) is 57.4 cm³/mol. The lowest BCUT2D eigenvalue weighted by molar-refractivity contribution is 0.607. The minimum atomic E-state index is -3.41. The molecule has 14 heavy (non-hydrogen) atoms. The van der Waals surface area contributed by atoms with E-state index in [2.05, 4.69) is 0 Å². The third-order valence-electron chi connectivity index (χ3n) is 2.37. The summed E-state index contributed by atoms with van der Waals surface area (Å²) in [7, 11) is 1.84. The van der Waals surface area contributed by atoms with Crippen molar-refractivity contribution in [2.24, 2.45) is 0 Å². The molecule has 5 heteroatoms. The molecule has 1 aromatic rings. The van der Waals surface area contributed by atoms with E-state index in [1.165, 1.54) is 0 Å². The molecule has 0 heterocycles. The Kier molecular flexibility index (Phi) is 2.50. The van der Waals surface area contributed by atoms with Crippen LogP contribution < -0.4 is 0 Å². The summed E-state index contributed by atoms with van der Waals surface area (Å²) in [6.07, 6.45) is 0.603. The van der Waals surface area contributed by atoms with Crippen molar-refractivity contribution in [3.8, 4) is 0 Å². The van der Waals surface area contributed by atoms with Crippen LogP contribution >= 0.6 is 22.3 Å². The van der Waals surface area contributed by atoms with Crippen LogP contribution in [-0.2, 0) is 9.05 Å². The number of halogens is 2. The van der Waals surface area contributed by atoms with Gasteiger partial charge in [-0.2, -0.15) is 0 Å². The second-order valence-corrected chi connectivity index (χ2v) is 6.69. The van der Waals surface area contributed by atoms with Crippen molar-refractivity contribution in [3.63, 3.8) is 0 Å². The SMILES string of the molecule is O=S(=O)(Cl)C1CC1c1cccc(Cl)c1. The van der Waals surface area contributed by atoms with E-state index in [9.17, 15) is 8.42 Å². The number of benzene rings is 1. The molecule has 0 spiro atoms. The highest BCUT2D eigenvalue weighted by Gasteiger charge is 2.47. The first-order valence-corrected chi connectivity index (χ1v) is 6.92. The van der Waals surface area contributed by atoms with E-state index in [1.807, 2.05) is 12.1 Å². The van der Waals surface area contributed by atoms with Crippen molar-refractivity contribution in [2.45, 2.75) is 17.6 Å². The molecule has 0 aromatic heterocycles. The maximum absolute atomic E-state index is 11.0. The Morgan fingerprint density at radius 3 is 2.57 bits per heavy atom. The molecular weight excluding hydrogens is 243 g/mol. The van der Waals surface area contributed by atoms with Crippen molar-refractivity contribution in [1.82, 2.24) is 0 Å². The average Bonchev–Trinajstić information content (AvgIpc) is 2.81. The largest absolute Gasteiger partial charge is 0.236 e. The summed E-state index contributed by atoms with van der Waals surface area (Å²) in [4.78, 5) is 0. The Balaban J connectivity index is 2.22. The van der Waals surface area contributed by atoms with Crippen LogP contribution in [0.15, 0.2) is 24.3 Å². The fraction of sp³-hybridized carbons (Fsp3) is 0.333. The van der Waals surface area contributed by atoms with Gasteiger partial charge in [0, 0.05) is 21.6 Å². The molecule has 2 nitrogen and oxygen atoms in total. The summed E-state index contributed by atoms with van der Waals surface area (Å²) in [6.45, 7) is 0. The lowest BCUT2D eigenvalue weighted by Crippen LogP contribution is -1.99.